The van der Waals surface area contributed by atoms with Crippen molar-refractivity contribution in [1.29, 1.82) is 0 Å². The van der Waals surface area contributed by atoms with Crippen LogP contribution in [0.1, 0.15) is 50.3 Å². The lowest BCUT2D eigenvalue weighted by Crippen LogP contribution is -2.45. The summed E-state index contributed by atoms with van der Waals surface area (Å²) >= 11 is 1.88. The van der Waals surface area contributed by atoms with E-state index in [4.69, 9.17) is 4.74 Å². The van der Waals surface area contributed by atoms with Gasteiger partial charge in [0.05, 0.1) is 5.60 Å². The Balaban J connectivity index is 1.60. The van der Waals surface area contributed by atoms with Gasteiger partial charge >= 0.3 is 6.09 Å². The highest BCUT2D eigenvalue weighted by atomic mass is 32.2. The highest BCUT2D eigenvalue weighted by Crippen LogP contribution is 2.37. The van der Waals surface area contributed by atoms with Crippen LogP contribution in [0.25, 0.3) is 0 Å². The van der Waals surface area contributed by atoms with Crippen molar-refractivity contribution in [2.24, 2.45) is 0 Å². The van der Waals surface area contributed by atoms with Gasteiger partial charge in [0.25, 0.3) is 0 Å². The van der Waals surface area contributed by atoms with Gasteiger partial charge < -0.3 is 14.7 Å². The van der Waals surface area contributed by atoms with Crippen LogP contribution >= 0.6 is 11.8 Å². The van der Waals surface area contributed by atoms with Crippen molar-refractivity contribution < 1.29 is 14.6 Å². The first kappa shape index (κ1) is 21.7. The SMILES string of the molecule is CC(C)(C)SCc1ccccc1C1(O)CCN(C(=O)OCc2ccccc2)CC1. The maximum Gasteiger partial charge on any atom is 0.410 e. The molecule has 0 bridgehead atoms. The number of nitrogens with zero attached hydrogens (tertiary/aromatic N) is 1. The number of piperidine rings is 1. The summed E-state index contributed by atoms with van der Waals surface area (Å²) < 4.78 is 5.61. The van der Waals surface area contributed by atoms with Crippen molar-refractivity contribution in [1.82, 2.24) is 4.90 Å². The average Bonchev–Trinajstić information content (AvgIpc) is 2.71. The molecule has 1 aliphatic rings. The van der Waals surface area contributed by atoms with Gasteiger partial charge in [-0.25, -0.2) is 4.79 Å². The Morgan fingerprint density at radius 3 is 2.34 bits per heavy atom. The molecule has 0 aliphatic carbocycles. The van der Waals surface area contributed by atoms with E-state index in [2.05, 4.69) is 26.8 Å². The molecule has 1 heterocycles. The number of likely N-dealkylation sites (tertiary alicyclic amines) is 1. The van der Waals surface area contributed by atoms with Gasteiger partial charge in [0.2, 0.25) is 0 Å². The average molecular weight is 414 g/mol. The summed E-state index contributed by atoms with van der Waals surface area (Å²) in [6, 6.07) is 17.8. The number of hydrogen-bond acceptors (Lipinski definition) is 4. The number of ether oxygens (including phenoxy) is 1. The van der Waals surface area contributed by atoms with Crippen LogP contribution < -0.4 is 0 Å². The van der Waals surface area contributed by atoms with Crippen molar-refractivity contribution in [2.45, 2.75) is 56.3 Å². The molecule has 0 atom stereocenters. The minimum Gasteiger partial charge on any atom is -0.445 e. The molecule has 1 amide bonds. The van der Waals surface area contributed by atoms with Crippen LogP contribution in [0.5, 0.6) is 0 Å². The number of amides is 1. The van der Waals surface area contributed by atoms with Gasteiger partial charge in [-0.2, -0.15) is 11.8 Å². The van der Waals surface area contributed by atoms with E-state index in [1.54, 1.807) is 4.90 Å². The minimum atomic E-state index is -0.898. The number of hydrogen-bond donors (Lipinski definition) is 1. The first-order valence-corrected chi connectivity index (χ1v) is 11.2. The predicted octanol–water partition coefficient (Wildman–Crippen LogP) is 5.34. The second-order valence-corrected chi connectivity index (χ2v) is 10.4. The molecule has 1 N–H and O–H groups in total. The molecule has 1 fully saturated rings. The van der Waals surface area contributed by atoms with Gasteiger partial charge in [-0.15, -0.1) is 0 Å². The van der Waals surface area contributed by atoms with Crippen LogP contribution in [0.3, 0.4) is 0 Å². The van der Waals surface area contributed by atoms with Gasteiger partial charge in [0.15, 0.2) is 0 Å². The molecule has 2 aromatic carbocycles. The Morgan fingerprint density at radius 2 is 1.69 bits per heavy atom. The number of thioether (sulfide) groups is 1. The summed E-state index contributed by atoms with van der Waals surface area (Å²) in [5.41, 5.74) is 2.24. The topological polar surface area (TPSA) is 49.8 Å². The van der Waals surface area contributed by atoms with Crippen molar-refractivity contribution >= 4 is 17.9 Å². The van der Waals surface area contributed by atoms with Crippen molar-refractivity contribution in [2.75, 3.05) is 13.1 Å². The van der Waals surface area contributed by atoms with E-state index >= 15 is 0 Å². The Labute approximate surface area is 178 Å². The van der Waals surface area contributed by atoms with Crippen LogP contribution in [0.4, 0.5) is 4.79 Å². The molecule has 3 rings (SSSR count). The lowest BCUT2D eigenvalue weighted by Gasteiger charge is -2.39. The highest BCUT2D eigenvalue weighted by Gasteiger charge is 2.37. The van der Waals surface area contributed by atoms with Crippen LogP contribution in [0, 0.1) is 0 Å². The summed E-state index contributed by atoms with van der Waals surface area (Å²) in [7, 11) is 0. The number of carbonyl (C=O) groups excluding carboxylic acids is 1. The second kappa shape index (κ2) is 9.23. The van der Waals surface area contributed by atoms with Gasteiger partial charge in [0, 0.05) is 23.6 Å². The van der Waals surface area contributed by atoms with Gasteiger partial charge in [0.1, 0.15) is 6.61 Å². The standard InChI is InChI=1S/C24H31NO3S/c1-23(2,3)29-18-20-11-7-8-12-21(20)24(27)13-15-25(16-14-24)22(26)28-17-19-9-5-4-6-10-19/h4-12,27H,13-18H2,1-3H3. The zero-order chi connectivity index (χ0) is 20.9. The van der Waals surface area contributed by atoms with E-state index in [-0.39, 0.29) is 17.4 Å². The zero-order valence-electron chi connectivity index (χ0n) is 17.6. The molecule has 0 aromatic heterocycles. The fraction of sp³-hybridized carbons (Fsp3) is 0.458. The van der Waals surface area contributed by atoms with E-state index in [0.717, 1.165) is 16.9 Å². The summed E-state index contributed by atoms with van der Waals surface area (Å²) in [6.07, 6.45) is 0.724. The highest BCUT2D eigenvalue weighted by molar-refractivity contribution is 7.99. The largest absolute Gasteiger partial charge is 0.445 e. The van der Waals surface area contributed by atoms with Gasteiger partial charge in [-0.3, -0.25) is 0 Å². The molecule has 0 saturated carbocycles. The lowest BCUT2D eigenvalue weighted by molar-refractivity contribution is -0.0259. The van der Waals surface area contributed by atoms with E-state index in [9.17, 15) is 9.90 Å². The predicted molar refractivity (Wildman–Crippen MR) is 119 cm³/mol. The summed E-state index contributed by atoms with van der Waals surface area (Å²) in [6.45, 7) is 7.86. The Hall–Kier alpha value is -1.98. The Morgan fingerprint density at radius 1 is 1.07 bits per heavy atom. The molecular formula is C24H31NO3S. The zero-order valence-corrected chi connectivity index (χ0v) is 18.4. The van der Waals surface area contributed by atoms with Gasteiger partial charge in [-0.05, 0) is 29.5 Å². The molecular weight excluding hydrogens is 382 g/mol. The van der Waals surface area contributed by atoms with Crippen molar-refractivity contribution in [3.63, 3.8) is 0 Å². The third-order valence-corrected chi connectivity index (χ3v) is 6.55. The summed E-state index contributed by atoms with van der Waals surface area (Å²) in [4.78, 5) is 14.1. The fourth-order valence-electron chi connectivity index (χ4n) is 3.53. The van der Waals surface area contributed by atoms with Gasteiger partial charge in [-0.1, -0.05) is 75.4 Å². The number of aliphatic hydroxyl groups is 1. The molecule has 2 aromatic rings. The monoisotopic (exact) mass is 413 g/mol. The molecule has 1 saturated heterocycles. The van der Waals surface area contributed by atoms with E-state index in [1.165, 1.54) is 5.56 Å². The van der Waals surface area contributed by atoms with Crippen molar-refractivity contribution in [3.05, 3.63) is 71.3 Å². The molecule has 5 heteroatoms. The molecule has 0 unspecified atom stereocenters. The maximum atomic E-state index is 12.4. The number of carbonyl (C=O) groups is 1. The number of rotatable bonds is 5. The fourth-order valence-corrected chi connectivity index (χ4v) is 4.37. The smallest absolute Gasteiger partial charge is 0.410 e. The maximum absolute atomic E-state index is 12.4. The number of benzene rings is 2. The van der Waals surface area contributed by atoms with E-state index in [1.807, 2.05) is 60.3 Å². The quantitative estimate of drug-likeness (QED) is 0.719. The lowest BCUT2D eigenvalue weighted by atomic mass is 9.82. The molecule has 4 nitrogen and oxygen atoms in total. The minimum absolute atomic E-state index is 0.168. The molecule has 0 radical (unpaired) electrons. The Kier molecular flexibility index (Phi) is 6.91. The van der Waals surface area contributed by atoms with Crippen LogP contribution in [0.2, 0.25) is 0 Å². The third kappa shape index (κ3) is 6.00. The Bertz CT molecular complexity index is 808. The first-order valence-electron chi connectivity index (χ1n) is 10.2. The van der Waals surface area contributed by atoms with Crippen LogP contribution in [-0.2, 0) is 22.7 Å². The van der Waals surface area contributed by atoms with Crippen LogP contribution in [0.15, 0.2) is 54.6 Å². The summed E-state index contributed by atoms with van der Waals surface area (Å²) in [5, 5.41) is 11.4. The van der Waals surface area contributed by atoms with Crippen molar-refractivity contribution in [3.8, 4) is 0 Å². The normalized spacial score (nSPS) is 16.5. The molecule has 156 valence electrons. The van der Waals surface area contributed by atoms with E-state index in [0.29, 0.717) is 25.9 Å². The first-order chi connectivity index (χ1) is 13.8. The van der Waals surface area contributed by atoms with Crippen LogP contribution in [-0.4, -0.2) is 33.9 Å². The van der Waals surface area contributed by atoms with E-state index < -0.39 is 5.60 Å². The molecule has 0 spiro atoms. The molecule has 29 heavy (non-hydrogen) atoms. The molecule has 1 aliphatic heterocycles. The second-order valence-electron chi connectivity index (χ2n) is 8.62. The summed E-state index contributed by atoms with van der Waals surface area (Å²) in [5.74, 6) is 0.866. The third-order valence-electron chi connectivity index (χ3n) is 5.23.